The van der Waals surface area contributed by atoms with E-state index >= 15 is 0 Å². The van der Waals surface area contributed by atoms with Crippen molar-refractivity contribution in [2.75, 3.05) is 18.4 Å². The van der Waals surface area contributed by atoms with Crippen LogP contribution in [0.2, 0.25) is 0 Å². The molecular weight excluding hydrogens is 298 g/mol. The monoisotopic (exact) mass is 317 g/mol. The highest BCUT2D eigenvalue weighted by molar-refractivity contribution is 7.89. The van der Waals surface area contributed by atoms with Crippen molar-refractivity contribution in [2.45, 2.75) is 24.7 Å². The summed E-state index contributed by atoms with van der Waals surface area (Å²) in [6, 6.07) is 11.2. The number of anilines is 2. The Hall–Kier alpha value is -1.92. The number of hydrogen-bond acceptors (Lipinski definition) is 4. The number of benzene rings is 1. The first-order valence-electron chi connectivity index (χ1n) is 7.36. The Balaban J connectivity index is 1.78. The molecule has 0 amide bonds. The van der Waals surface area contributed by atoms with Gasteiger partial charge in [-0.15, -0.1) is 0 Å². The average Bonchev–Trinajstić information content (AvgIpc) is 3.03. The van der Waals surface area contributed by atoms with Gasteiger partial charge in [-0.2, -0.15) is 4.31 Å². The number of rotatable bonds is 4. The van der Waals surface area contributed by atoms with Crippen LogP contribution in [0.3, 0.4) is 0 Å². The molecule has 1 fully saturated rings. The lowest BCUT2D eigenvalue weighted by molar-refractivity contribution is 0.477. The van der Waals surface area contributed by atoms with E-state index in [1.165, 1.54) is 10.5 Å². The molecular formula is C16H19N3O2S. The molecule has 0 saturated carbocycles. The summed E-state index contributed by atoms with van der Waals surface area (Å²) >= 11 is 0. The highest BCUT2D eigenvalue weighted by atomic mass is 32.2. The first-order valence-corrected chi connectivity index (χ1v) is 8.80. The fourth-order valence-corrected chi connectivity index (χ4v) is 4.02. The topological polar surface area (TPSA) is 62.3 Å². The maximum absolute atomic E-state index is 12.4. The SMILES string of the molecule is Cc1cccc(Nc2ccc(S(=O)(=O)N3CCCC3)cn2)c1. The molecule has 3 rings (SSSR count). The largest absolute Gasteiger partial charge is 0.340 e. The van der Waals surface area contributed by atoms with E-state index in [-0.39, 0.29) is 4.90 Å². The minimum Gasteiger partial charge on any atom is -0.340 e. The molecule has 0 radical (unpaired) electrons. The molecule has 1 aliphatic heterocycles. The van der Waals surface area contributed by atoms with Gasteiger partial charge in [0.1, 0.15) is 10.7 Å². The van der Waals surface area contributed by atoms with Crippen LogP contribution in [-0.2, 0) is 10.0 Å². The summed E-state index contributed by atoms with van der Waals surface area (Å²) in [5.74, 6) is 0.631. The molecule has 22 heavy (non-hydrogen) atoms. The molecule has 1 saturated heterocycles. The first-order chi connectivity index (χ1) is 10.6. The van der Waals surface area contributed by atoms with Crippen LogP contribution in [0.25, 0.3) is 0 Å². The Morgan fingerprint density at radius 3 is 2.55 bits per heavy atom. The summed E-state index contributed by atoms with van der Waals surface area (Å²) in [6.45, 7) is 3.22. The maximum atomic E-state index is 12.4. The molecule has 2 heterocycles. The predicted molar refractivity (Wildman–Crippen MR) is 86.7 cm³/mol. The summed E-state index contributed by atoms with van der Waals surface area (Å²) < 4.78 is 26.4. The van der Waals surface area contributed by atoms with Crippen molar-refractivity contribution in [3.63, 3.8) is 0 Å². The third-order valence-electron chi connectivity index (χ3n) is 3.73. The van der Waals surface area contributed by atoms with Crippen molar-refractivity contribution >= 4 is 21.5 Å². The highest BCUT2D eigenvalue weighted by Crippen LogP contribution is 2.22. The van der Waals surface area contributed by atoms with Crippen molar-refractivity contribution in [2.24, 2.45) is 0 Å². The van der Waals surface area contributed by atoms with Crippen molar-refractivity contribution < 1.29 is 8.42 Å². The van der Waals surface area contributed by atoms with Crippen LogP contribution in [0.1, 0.15) is 18.4 Å². The van der Waals surface area contributed by atoms with Gasteiger partial charge in [-0.25, -0.2) is 13.4 Å². The molecule has 0 aliphatic carbocycles. The number of aromatic nitrogens is 1. The second-order valence-electron chi connectivity index (χ2n) is 5.48. The van der Waals surface area contributed by atoms with E-state index in [0.29, 0.717) is 18.9 Å². The smallest absolute Gasteiger partial charge is 0.244 e. The lowest BCUT2D eigenvalue weighted by Crippen LogP contribution is -2.27. The van der Waals surface area contributed by atoms with Crippen molar-refractivity contribution in [3.8, 4) is 0 Å². The van der Waals surface area contributed by atoms with Crippen molar-refractivity contribution in [1.82, 2.24) is 9.29 Å². The standard InChI is InChI=1S/C16H19N3O2S/c1-13-5-4-6-14(11-13)18-16-8-7-15(12-17-16)22(20,21)19-9-2-3-10-19/h4-8,11-12H,2-3,9-10H2,1H3,(H,17,18). The number of aryl methyl sites for hydroxylation is 1. The number of sulfonamides is 1. The van der Waals surface area contributed by atoms with Crippen LogP contribution in [0.4, 0.5) is 11.5 Å². The van der Waals surface area contributed by atoms with E-state index in [9.17, 15) is 8.42 Å². The van der Waals surface area contributed by atoms with Gasteiger partial charge in [-0.1, -0.05) is 12.1 Å². The number of nitrogens with one attached hydrogen (secondary N) is 1. The van der Waals surface area contributed by atoms with Crippen LogP contribution < -0.4 is 5.32 Å². The lowest BCUT2D eigenvalue weighted by Gasteiger charge is -2.15. The average molecular weight is 317 g/mol. The summed E-state index contributed by atoms with van der Waals surface area (Å²) in [5.41, 5.74) is 2.08. The third kappa shape index (κ3) is 3.13. The van der Waals surface area contributed by atoms with Crippen LogP contribution >= 0.6 is 0 Å². The molecule has 5 nitrogen and oxygen atoms in total. The molecule has 0 unspecified atom stereocenters. The van der Waals surface area contributed by atoms with E-state index in [1.54, 1.807) is 12.1 Å². The number of pyridine rings is 1. The Kier molecular flexibility index (Phi) is 4.13. The third-order valence-corrected chi connectivity index (χ3v) is 5.61. The molecule has 6 heteroatoms. The Bertz CT molecular complexity index is 751. The minimum atomic E-state index is -3.39. The minimum absolute atomic E-state index is 0.254. The lowest BCUT2D eigenvalue weighted by atomic mass is 10.2. The molecule has 1 aromatic carbocycles. The van der Waals surface area contributed by atoms with Crippen LogP contribution in [-0.4, -0.2) is 30.8 Å². The summed E-state index contributed by atoms with van der Waals surface area (Å²) in [6.07, 6.45) is 3.28. The summed E-state index contributed by atoms with van der Waals surface area (Å²) in [7, 11) is -3.39. The molecule has 0 atom stereocenters. The van der Waals surface area contributed by atoms with Gasteiger partial charge in [-0.3, -0.25) is 0 Å². The van der Waals surface area contributed by atoms with Crippen LogP contribution in [0.15, 0.2) is 47.5 Å². The zero-order chi connectivity index (χ0) is 15.6. The Morgan fingerprint density at radius 2 is 1.91 bits per heavy atom. The Labute approximate surface area is 131 Å². The number of nitrogens with zero attached hydrogens (tertiary/aromatic N) is 2. The van der Waals surface area contributed by atoms with E-state index < -0.39 is 10.0 Å². The fraction of sp³-hybridized carbons (Fsp3) is 0.312. The molecule has 116 valence electrons. The fourth-order valence-electron chi connectivity index (χ4n) is 2.56. The highest BCUT2D eigenvalue weighted by Gasteiger charge is 2.27. The van der Waals surface area contributed by atoms with Gasteiger partial charge >= 0.3 is 0 Å². The van der Waals surface area contributed by atoms with E-state index in [2.05, 4.69) is 10.3 Å². The predicted octanol–water partition coefficient (Wildman–Crippen LogP) is 2.92. The van der Waals surface area contributed by atoms with Gasteiger partial charge in [0.05, 0.1) is 0 Å². The summed E-state index contributed by atoms with van der Waals surface area (Å²) in [5, 5.41) is 3.17. The van der Waals surface area contributed by atoms with E-state index in [0.717, 1.165) is 24.1 Å². The second kappa shape index (κ2) is 6.06. The molecule has 0 bridgehead atoms. The van der Waals surface area contributed by atoms with Gasteiger partial charge in [0.2, 0.25) is 10.0 Å². The van der Waals surface area contributed by atoms with Crippen LogP contribution in [0.5, 0.6) is 0 Å². The quantitative estimate of drug-likeness (QED) is 0.942. The first kappa shape index (κ1) is 15.0. The van der Waals surface area contributed by atoms with Crippen molar-refractivity contribution in [1.29, 1.82) is 0 Å². The molecule has 1 N–H and O–H groups in total. The Morgan fingerprint density at radius 1 is 1.14 bits per heavy atom. The molecule has 1 aromatic heterocycles. The zero-order valence-corrected chi connectivity index (χ0v) is 13.3. The van der Waals surface area contributed by atoms with Gasteiger partial charge in [0, 0.05) is 25.0 Å². The van der Waals surface area contributed by atoms with Gasteiger partial charge in [-0.05, 0) is 49.6 Å². The van der Waals surface area contributed by atoms with Gasteiger partial charge in [0.25, 0.3) is 0 Å². The van der Waals surface area contributed by atoms with E-state index in [1.807, 2.05) is 31.2 Å². The maximum Gasteiger partial charge on any atom is 0.244 e. The number of hydrogen-bond donors (Lipinski definition) is 1. The summed E-state index contributed by atoms with van der Waals surface area (Å²) in [4.78, 5) is 4.48. The zero-order valence-electron chi connectivity index (χ0n) is 12.5. The molecule has 0 spiro atoms. The molecule has 1 aliphatic rings. The van der Waals surface area contributed by atoms with Crippen LogP contribution in [0, 0.1) is 6.92 Å². The normalized spacial score (nSPS) is 15.9. The second-order valence-corrected chi connectivity index (χ2v) is 7.42. The van der Waals surface area contributed by atoms with Gasteiger partial charge in [0.15, 0.2) is 0 Å². The van der Waals surface area contributed by atoms with Crippen molar-refractivity contribution in [3.05, 3.63) is 48.2 Å². The van der Waals surface area contributed by atoms with Gasteiger partial charge < -0.3 is 5.32 Å². The van der Waals surface area contributed by atoms with E-state index in [4.69, 9.17) is 0 Å². The molecule has 2 aromatic rings.